The third-order valence-electron chi connectivity index (χ3n) is 8.87. The summed E-state index contributed by atoms with van der Waals surface area (Å²) in [6, 6.07) is 22.7. The van der Waals surface area contributed by atoms with Crippen molar-refractivity contribution >= 4 is 0 Å². The molecule has 2 N–H and O–H groups in total. The first-order chi connectivity index (χ1) is 21.0. The summed E-state index contributed by atoms with van der Waals surface area (Å²) in [4.78, 5) is 26.6. The van der Waals surface area contributed by atoms with Gasteiger partial charge in [-0.25, -0.2) is 0 Å². The second-order valence-electron chi connectivity index (χ2n) is 11.7. The third-order valence-corrected chi connectivity index (χ3v) is 8.87. The molecular weight excluding hydrogens is 552 g/mol. The van der Waals surface area contributed by atoms with E-state index in [0.717, 1.165) is 11.1 Å². The van der Waals surface area contributed by atoms with E-state index in [2.05, 4.69) is 0 Å². The SMILES string of the molecule is O=c1cc(CCc2ccccc2)oc2c1[C@@H](O)[C@H](O[C@@H]1c3c(oc(CCc4ccccc4)cc3=O)[C@@H]3O[C@@H]3[C@@H]1O)[C@@H]1O[C@H]21. The van der Waals surface area contributed by atoms with Crippen LogP contribution >= 0.6 is 0 Å². The molecule has 2 aromatic carbocycles. The van der Waals surface area contributed by atoms with Gasteiger partial charge in [0.15, 0.2) is 10.9 Å². The molecule has 0 bridgehead atoms. The molecule has 0 amide bonds. The molecule has 2 aliphatic carbocycles. The van der Waals surface area contributed by atoms with Gasteiger partial charge in [0.1, 0.15) is 71.9 Å². The molecule has 4 aromatic rings. The van der Waals surface area contributed by atoms with Crippen LogP contribution < -0.4 is 10.9 Å². The Morgan fingerprint density at radius 3 is 1.77 bits per heavy atom. The molecule has 0 spiro atoms. The molecule has 2 aromatic heterocycles. The number of ether oxygens (including phenoxy) is 3. The van der Waals surface area contributed by atoms with Gasteiger partial charge < -0.3 is 33.3 Å². The van der Waals surface area contributed by atoms with Gasteiger partial charge in [-0.3, -0.25) is 9.59 Å². The van der Waals surface area contributed by atoms with Crippen molar-refractivity contribution in [1.29, 1.82) is 0 Å². The van der Waals surface area contributed by atoms with E-state index in [9.17, 15) is 19.8 Å². The lowest BCUT2D eigenvalue weighted by molar-refractivity contribution is -0.136. The molecule has 2 saturated heterocycles. The highest BCUT2D eigenvalue weighted by Gasteiger charge is 2.62. The largest absolute Gasteiger partial charge is 0.463 e. The Morgan fingerprint density at radius 1 is 0.651 bits per heavy atom. The molecule has 2 aliphatic heterocycles. The first-order valence-electron chi connectivity index (χ1n) is 14.7. The van der Waals surface area contributed by atoms with Gasteiger partial charge in [0.05, 0.1) is 11.1 Å². The topological polar surface area (TPSA) is 135 Å². The Hall–Kier alpha value is -3.86. The van der Waals surface area contributed by atoms with Crippen molar-refractivity contribution in [3.8, 4) is 0 Å². The van der Waals surface area contributed by atoms with Crippen molar-refractivity contribution < 1.29 is 33.3 Å². The molecule has 4 aliphatic rings. The number of epoxide rings is 2. The van der Waals surface area contributed by atoms with Crippen LogP contribution in [0.3, 0.4) is 0 Å². The average Bonchev–Trinajstić information content (AvgIpc) is 3.94. The third kappa shape index (κ3) is 4.77. The highest BCUT2D eigenvalue weighted by atomic mass is 16.6. The number of aliphatic hydroxyl groups is 2. The minimum Gasteiger partial charge on any atom is -0.463 e. The summed E-state index contributed by atoms with van der Waals surface area (Å²) in [6.45, 7) is 0. The number of aliphatic hydroxyl groups excluding tert-OH is 2. The second kappa shape index (κ2) is 10.4. The number of aryl methyl sites for hydroxylation is 4. The van der Waals surface area contributed by atoms with Crippen molar-refractivity contribution in [1.82, 2.24) is 0 Å². The Morgan fingerprint density at radius 2 is 1.16 bits per heavy atom. The Balaban J connectivity index is 1.04. The number of rotatable bonds is 8. The molecule has 9 nitrogen and oxygen atoms in total. The lowest BCUT2D eigenvalue weighted by Gasteiger charge is -2.33. The highest BCUT2D eigenvalue weighted by molar-refractivity contribution is 5.36. The minimum atomic E-state index is -1.37. The minimum absolute atomic E-state index is 0.0848. The van der Waals surface area contributed by atoms with Gasteiger partial charge in [-0.15, -0.1) is 0 Å². The van der Waals surface area contributed by atoms with E-state index in [4.69, 9.17) is 23.0 Å². The molecule has 0 saturated carbocycles. The summed E-state index contributed by atoms with van der Waals surface area (Å²) in [6.07, 6.45) is -4.48. The maximum absolute atomic E-state index is 13.4. The van der Waals surface area contributed by atoms with Gasteiger partial charge in [0.25, 0.3) is 0 Å². The maximum atomic E-state index is 13.4. The van der Waals surface area contributed by atoms with Crippen molar-refractivity contribution in [2.45, 2.75) is 74.5 Å². The molecule has 43 heavy (non-hydrogen) atoms. The number of fused-ring (bicyclic) bond motifs is 6. The smallest absolute Gasteiger partial charge is 0.191 e. The molecule has 0 radical (unpaired) electrons. The van der Waals surface area contributed by atoms with Crippen LogP contribution in [0.25, 0.3) is 0 Å². The van der Waals surface area contributed by atoms with E-state index in [1.54, 1.807) is 0 Å². The number of benzene rings is 2. The van der Waals surface area contributed by atoms with E-state index in [1.165, 1.54) is 12.1 Å². The fourth-order valence-electron chi connectivity index (χ4n) is 6.54. The van der Waals surface area contributed by atoms with Crippen LogP contribution in [0.5, 0.6) is 0 Å². The van der Waals surface area contributed by atoms with Gasteiger partial charge in [0.2, 0.25) is 0 Å². The van der Waals surface area contributed by atoms with E-state index in [1.807, 2.05) is 60.7 Å². The summed E-state index contributed by atoms with van der Waals surface area (Å²) in [5.74, 6) is 1.70. The van der Waals surface area contributed by atoms with Gasteiger partial charge >= 0.3 is 0 Å². The zero-order valence-electron chi connectivity index (χ0n) is 23.1. The van der Waals surface area contributed by atoms with Crippen molar-refractivity contribution in [3.05, 3.63) is 139 Å². The maximum Gasteiger partial charge on any atom is 0.191 e. The summed E-state index contributed by atoms with van der Waals surface area (Å²) >= 11 is 0. The first kappa shape index (κ1) is 26.7. The Kier molecular flexibility index (Phi) is 6.47. The molecular formula is C34H30O9. The molecule has 0 unspecified atom stereocenters. The van der Waals surface area contributed by atoms with Crippen LogP contribution in [0.4, 0.5) is 0 Å². The summed E-state index contributed by atoms with van der Waals surface area (Å²) in [5.41, 5.74) is 1.81. The molecule has 8 rings (SSSR count). The quantitative estimate of drug-likeness (QED) is 0.299. The van der Waals surface area contributed by atoms with E-state index in [0.29, 0.717) is 48.7 Å². The predicted molar refractivity (Wildman–Crippen MR) is 151 cm³/mol. The van der Waals surface area contributed by atoms with E-state index < -0.39 is 48.8 Å². The normalized spacial score (nSPS) is 29.6. The molecule has 8 atom stereocenters. The lowest BCUT2D eigenvalue weighted by Crippen LogP contribution is -2.42. The lowest BCUT2D eigenvalue weighted by atomic mass is 9.88. The first-order valence-corrected chi connectivity index (χ1v) is 14.7. The highest BCUT2D eigenvalue weighted by Crippen LogP contribution is 2.55. The average molecular weight is 583 g/mol. The second-order valence-corrected chi connectivity index (χ2v) is 11.7. The van der Waals surface area contributed by atoms with Crippen LogP contribution in [0.2, 0.25) is 0 Å². The van der Waals surface area contributed by atoms with E-state index in [-0.39, 0.29) is 22.0 Å². The van der Waals surface area contributed by atoms with Gasteiger partial charge in [0, 0.05) is 25.0 Å². The fourth-order valence-corrected chi connectivity index (χ4v) is 6.54. The summed E-state index contributed by atoms with van der Waals surface area (Å²) < 4.78 is 30.1. The molecule has 4 heterocycles. The Bertz CT molecular complexity index is 1780. The van der Waals surface area contributed by atoms with Gasteiger partial charge in [-0.05, 0) is 24.0 Å². The van der Waals surface area contributed by atoms with Crippen LogP contribution in [0.15, 0.2) is 91.2 Å². The van der Waals surface area contributed by atoms with Gasteiger partial charge in [-0.2, -0.15) is 0 Å². The molecule has 9 heteroatoms. The zero-order chi connectivity index (χ0) is 29.2. The zero-order valence-corrected chi connectivity index (χ0v) is 23.1. The molecule has 220 valence electrons. The van der Waals surface area contributed by atoms with Crippen LogP contribution in [0.1, 0.15) is 69.7 Å². The van der Waals surface area contributed by atoms with Crippen molar-refractivity contribution in [3.63, 3.8) is 0 Å². The predicted octanol–water partition coefficient (Wildman–Crippen LogP) is 3.59. The van der Waals surface area contributed by atoms with Crippen LogP contribution in [0, 0.1) is 0 Å². The number of hydrogen-bond donors (Lipinski definition) is 2. The molecule has 2 fully saturated rings. The van der Waals surface area contributed by atoms with E-state index >= 15 is 0 Å². The van der Waals surface area contributed by atoms with Crippen molar-refractivity contribution in [2.75, 3.05) is 0 Å². The van der Waals surface area contributed by atoms with Crippen LogP contribution in [-0.4, -0.2) is 34.6 Å². The summed E-state index contributed by atoms with van der Waals surface area (Å²) in [5, 5.41) is 22.4. The van der Waals surface area contributed by atoms with Crippen molar-refractivity contribution in [2.24, 2.45) is 0 Å². The number of hydrogen-bond acceptors (Lipinski definition) is 9. The fraction of sp³-hybridized carbons (Fsp3) is 0.353. The van der Waals surface area contributed by atoms with Gasteiger partial charge in [-0.1, -0.05) is 60.7 Å². The van der Waals surface area contributed by atoms with Crippen LogP contribution in [-0.2, 0) is 39.9 Å². The Labute approximate surface area is 246 Å². The summed E-state index contributed by atoms with van der Waals surface area (Å²) in [7, 11) is 0. The standard InChI is InChI=1S/C34H30O9/c35-21-15-19(13-11-17-7-3-1-4-8-17)39-28-23(21)25(37)30(34-33(28)43-34)41-27-24-22(36)16-20(14-12-18-9-5-2-6-10-18)40-29(24)32-31(42-32)26(27)38/h1-10,15-16,25-27,30-34,37-38H,11-14H2/t25-,26-,27-,30+,31-,32+,33-,34+/m1/s1. The monoisotopic (exact) mass is 582 g/mol.